The Labute approximate surface area is 111 Å². The first kappa shape index (κ1) is 13.6. The fourth-order valence-electron chi connectivity index (χ4n) is 3.04. The van der Waals surface area contributed by atoms with Crippen LogP contribution < -0.4 is 5.32 Å². The van der Waals surface area contributed by atoms with Crippen LogP contribution in [0.4, 0.5) is 0 Å². The second-order valence-electron chi connectivity index (χ2n) is 5.60. The molecule has 100 valence electrons. The van der Waals surface area contributed by atoms with Crippen molar-refractivity contribution in [3.8, 4) is 0 Å². The highest BCUT2D eigenvalue weighted by Crippen LogP contribution is 2.27. The molecule has 1 N–H and O–H groups in total. The number of aryl methyl sites for hydroxylation is 1. The summed E-state index contributed by atoms with van der Waals surface area (Å²) in [6.45, 7) is 3.40. The van der Waals surface area contributed by atoms with Gasteiger partial charge < -0.3 is 10.2 Å². The molecule has 1 aromatic carbocycles. The van der Waals surface area contributed by atoms with Crippen molar-refractivity contribution in [2.45, 2.75) is 44.7 Å². The van der Waals surface area contributed by atoms with E-state index >= 15 is 0 Å². The topological polar surface area (TPSA) is 15.3 Å². The minimum absolute atomic E-state index is 0.503. The number of likely N-dealkylation sites (N-methyl/N-ethyl adjacent to an activating group) is 1. The Kier molecular flexibility index (Phi) is 4.79. The Bertz CT molecular complexity index is 350. The van der Waals surface area contributed by atoms with Crippen molar-refractivity contribution < 1.29 is 0 Å². The molecule has 2 atom stereocenters. The van der Waals surface area contributed by atoms with Gasteiger partial charge >= 0.3 is 0 Å². The highest BCUT2D eigenvalue weighted by molar-refractivity contribution is 5.26. The molecule has 2 rings (SSSR count). The molecule has 0 aliphatic carbocycles. The molecule has 18 heavy (non-hydrogen) atoms. The largest absolute Gasteiger partial charge is 0.312 e. The lowest BCUT2D eigenvalue weighted by molar-refractivity contribution is 0.244. The Balaban J connectivity index is 2.14. The monoisotopic (exact) mass is 246 g/mol. The van der Waals surface area contributed by atoms with Crippen LogP contribution in [0.3, 0.4) is 0 Å². The number of nitrogens with zero attached hydrogens (tertiary/aromatic N) is 1. The highest BCUT2D eigenvalue weighted by Gasteiger charge is 2.27. The lowest BCUT2D eigenvalue weighted by Gasteiger charge is -2.30. The first-order chi connectivity index (χ1) is 8.72. The lowest BCUT2D eigenvalue weighted by Crippen LogP contribution is -2.37. The van der Waals surface area contributed by atoms with Gasteiger partial charge in [0.15, 0.2) is 0 Å². The molecular formula is C16H26N2. The van der Waals surface area contributed by atoms with E-state index in [1.165, 1.54) is 43.4 Å². The Hall–Kier alpha value is -0.860. The van der Waals surface area contributed by atoms with Crippen molar-refractivity contribution in [2.75, 3.05) is 20.6 Å². The first-order valence-electron chi connectivity index (χ1n) is 7.21. The predicted molar refractivity (Wildman–Crippen MR) is 77.9 cm³/mol. The Morgan fingerprint density at radius 3 is 2.50 bits per heavy atom. The fraction of sp³-hybridized carbons (Fsp3) is 0.625. The minimum atomic E-state index is 0.503. The third-order valence-corrected chi connectivity index (χ3v) is 3.90. The molecule has 2 heteroatoms. The van der Waals surface area contributed by atoms with Crippen LogP contribution in [0.25, 0.3) is 0 Å². The molecule has 0 spiro atoms. The molecule has 0 radical (unpaired) electrons. The summed E-state index contributed by atoms with van der Waals surface area (Å²) in [4.78, 5) is 2.35. The third kappa shape index (κ3) is 3.12. The van der Waals surface area contributed by atoms with Gasteiger partial charge in [-0.2, -0.15) is 0 Å². The molecule has 0 aromatic heterocycles. The second-order valence-corrected chi connectivity index (χ2v) is 5.60. The van der Waals surface area contributed by atoms with Crippen LogP contribution in [0.15, 0.2) is 24.3 Å². The minimum Gasteiger partial charge on any atom is -0.312 e. The van der Waals surface area contributed by atoms with Gasteiger partial charge in [-0.05, 0) is 51.0 Å². The zero-order valence-corrected chi connectivity index (χ0v) is 11.9. The van der Waals surface area contributed by atoms with Crippen molar-refractivity contribution in [1.29, 1.82) is 0 Å². The van der Waals surface area contributed by atoms with E-state index in [0.717, 1.165) is 0 Å². The Morgan fingerprint density at radius 1 is 1.28 bits per heavy atom. The van der Waals surface area contributed by atoms with Crippen LogP contribution in [0.2, 0.25) is 0 Å². The van der Waals surface area contributed by atoms with Gasteiger partial charge in [-0.25, -0.2) is 0 Å². The van der Waals surface area contributed by atoms with Crippen molar-refractivity contribution >= 4 is 0 Å². The van der Waals surface area contributed by atoms with Gasteiger partial charge in [0.1, 0.15) is 0 Å². The number of hydrogen-bond donors (Lipinski definition) is 1. The number of hydrogen-bond acceptors (Lipinski definition) is 2. The molecule has 1 saturated heterocycles. The van der Waals surface area contributed by atoms with Crippen LogP contribution >= 0.6 is 0 Å². The smallest absolute Gasteiger partial charge is 0.0495 e. The van der Waals surface area contributed by atoms with Crippen LogP contribution in [0.1, 0.15) is 43.4 Å². The van der Waals surface area contributed by atoms with E-state index in [-0.39, 0.29) is 0 Å². The number of benzene rings is 1. The van der Waals surface area contributed by atoms with E-state index in [4.69, 9.17) is 0 Å². The fourth-order valence-corrected chi connectivity index (χ4v) is 3.04. The number of nitrogens with one attached hydrogen (secondary N) is 1. The normalized spacial score (nSPS) is 21.4. The second kappa shape index (κ2) is 6.35. The molecule has 1 aromatic rings. The maximum absolute atomic E-state index is 3.63. The summed E-state index contributed by atoms with van der Waals surface area (Å²) in [5, 5.41) is 3.63. The van der Waals surface area contributed by atoms with Gasteiger partial charge in [0.25, 0.3) is 0 Å². The standard InChI is InChI=1S/C16H26N2/c1-4-6-13-8-10-14(11-9-13)16(18(2)3)15-7-5-12-17-15/h8-11,15-17H,4-7,12H2,1-3H3. The van der Waals surface area contributed by atoms with Crippen LogP contribution in [0, 0.1) is 0 Å². The summed E-state index contributed by atoms with van der Waals surface area (Å²) in [6, 6.07) is 10.3. The molecule has 1 heterocycles. The molecule has 1 aliphatic heterocycles. The van der Waals surface area contributed by atoms with Gasteiger partial charge in [0.2, 0.25) is 0 Å². The summed E-state index contributed by atoms with van der Waals surface area (Å²) >= 11 is 0. The number of rotatable bonds is 5. The van der Waals surface area contributed by atoms with Gasteiger partial charge in [-0.1, -0.05) is 37.6 Å². The zero-order chi connectivity index (χ0) is 13.0. The molecule has 1 aliphatic rings. The van der Waals surface area contributed by atoms with Crippen LogP contribution in [-0.4, -0.2) is 31.6 Å². The molecule has 2 unspecified atom stereocenters. The molecule has 2 nitrogen and oxygen atoms in total. The maximum Gasteiger partial charge on any atom is 0.0495 e. The van der Waals surface area contributed by atoms with E-state index in [0.29, 0.717) is 12.1 Å². The van der Waals surface area contributed by atoms with Crippen LogP contribution in [-0.2, 0) is 6.42 Å². The molecule has 0 saturated carbocycles. The van der Waals surface area contributed by atoms with Gasteiger partial charge in [-0.3, -0.25) is 0 Å². The van der Waals surface area contributed by atoms with Crippen molar-refractivity contribution in [1.82, 2.24) is 10.2 Å². The average molecular weight is 246 g/mol. The van der Waals surface area contributed by atoms with Gasteiger partial charge in [0.05, 0.1) is 0 Å². The average Bonchev–Trinajstić information content (AvgIpc) is 2.85. The lowest BCUT2D eigenvalue weighted by atomic mass is 9.95. The first-order valence-corrected chi connectivity index (χ1v) is 7.21. The summed E-state index contributed by atoms with van der Waals surface area (Å²) in [7, 11) is 4.37. The van der Waals surface area contributed by atoms with E-state index in [1.54, 1.807) is 0 Å². The van der Waals surface area contributed by atoms with E-state index < -0.39 is 0 Å². The van der Waals surface area contributed by atoms with Crippen molar-refractivity contribution in [3.05, 3.63) is 35.4 Å². The zero-order valence-electron chi connectivity index (χ0n) is 11.9. The summed E-state index contributed by atoms with van der Waals surface area (Å²) in [6.07, 6.45) is 5.01. The third-order valence-electron chi connectivity index (χ3n) is 3.90. The maximum atomic E-state index is 3.63. The van der Waals surface area contributed by atoms with E-state index in [1.807, 2.05) is 0 Å². The van der Waals surface area contributed by atoms with Gasteiger partial charge in [-0.15, -0.1) is 0 Å². The highest BCUT2D eigenvalue weighted by atomic mass is 15.1. The summed E-state index contributed by atoms with van der Waals surface area (Å²) < 4.78 is 0. The van der Waals surface area contributed by atoms with Crippen molar-refractivity contribution in [3.63, 3.8) is 0 Å². The summed E-state index contributed by atoms with van der Waals surface area (Å²) in [5.41, 5.74) is 2.90. The molecule has 1 fully saturated rings. The van der Waals surface area contributed by atoms with Crippen LogP contribution in [0.5, 0.6) is 0 Å². The Morgan fingerprint density at radius 2 is 2.00 bits per heavy atom. The van der Waals surface area contributed by atoms with Crippen molar-refractivity contribution in [2.24, 2.45) is 0 Å². The van der Waals surface area contributed by atoms with E-state index in [2.05, 4.69) is 55.5 Å². The summed E-state index contributed by atoms with van der Waals surface area (Å²) in [5.74, 6) is 0. The molecule has 0 amide bonds. The van der Waals surface area contributed by atoms with E-state index in [9.17, 15) is 0 Å². The SMILES string of the molecule is CCCc1ccc(C(C2CCCN2)N(C)C)cc1. The predicted octanol–water partition coefficient (Wildman–Crippen LogP) is 2.99. The molecule has 0 bridgehead atoms. The molecular weight excluding hydrogens is 220 g/mol. The van der Waals surface area contributed by atoms with Gasteiger partial charge in [0, 0.05) is 12.1 Å². The quantitative estimate of drug-likeness (QED) is 0.859.